The normalized spacial score (nSPS) is 10.3. The Hall–Kier alpha value is -3.62. The van der Waals surface area contributed by atoms with E-state index in [0.29, 0.717) is 0 Å². The molecule has 33 heavy (non-hydrogen) atoms. The number of nitrogens with zero attached hydrogens (tertiary/aromatic N) is 3. The van der Waals surface area contributed by atoms with Gasteiger partial charge >= 0.3 is 21.1 Å². The molecule has 0 saturated carbocycles. The predicted octanol–water partition coefficient (Wildman–Crippen LogP) is 7.02. The number of aromatic nitrogens is 2. The fraction of sp³-hybridized carbons (Fsp3) is 0. The van der Waals surface area contributed by atoms with Gasteiger partial charge in [0.15, 0.2) is 0 Å². The van der Waals surface area contributed by atoms with E-state index in [-0.39, 0.29) is 26.9 Å². The zero-order valence-corrected chi connectivity index (χ0v) is 19.7. The van der Waals surface area contributed by atoms with Crippen molar-refractivity contribution in [1.82, 2.24) is 9.97 Å². The average Bonchev–Trinajstić information content (AvgIpc) is 2.87. The molecule has 0 bridgehead atoms. The number of rotatable bonds is 5. The average molecular weight is 611 g/mol. The maximum absolute atomic E-state index is 13.7. The van der Waals surface area contributed by atoms with Gasteiger partial charge in [0.25, 0.3) is 0 Å². The largest absolute Gasteiger partial charge is 2.00 e. The van der Waals surface area contributed by atoms with Crippen molar-refractivity contribution in [2.24, 2.45) is 0 Å². The fourth-order valence-corrected chi connectivity index (χ4v) is 3.52. The van der Waals surface area contributed by atoms with Gasteiger partial charge in [-0.15, -0.1) is 59.7 Å². The predicted molar refractivity (Wildman–Crippen MR) is 125 cm³/mol. The van der Waals surface area contributed by atoms with Gasteiger partial charge in [0.2, 0.25) is 0 Å². The Labute approximate surface area is 206 Å². The quantitative estimate of drug-likeness (QED) is 0.201. The summed E-state index contributed by atoms with van der Waals surface area (Å²) in [4.78, 5) is 10.9. The Bertz CT molecular complexity index is 1240. The monoisotopic (exact) mass is 610 g/mol. The first-order valence-electron chi connectivity index (χ1n) is 10.2. The van der Waals surface area contributed by atoms with Crippen LogP contribution in [0.4, 0.5) is 21.5 Å². The smallest absolute Gasteiger partial charge is 0.346 e. The van der Waals surface area contributed by atoms with Gasteiger partial charge in [-0.3, -0.25) is 0 Å². The van der Waals surface area contributed by atoms with Crippen molar-refractivity contribution in [3.05, 3.63) is 127 Å². The van der Waals surface area contributed by atoms with Gasteiger partial charge in [-0.2, -0.15) is 0 Å². The van der Waals surface area contributed by atoms with E-state index in [1.54, 1.807) is 24.5 Å². The second-order valence-corrected chi connectivity index (χ2v) is 7.14. The van der Waals surface area contributed by atoms with Gasteiger partial charge in [0, 0.05) is 18.1 Å². The molecule has 2 aromatic heterocycles. The second kappa shape index (κ2) is 10.3. The number of anilines is 3. The third kappa shape index (κ3) is 5.07. The van der Waals surface area contributed by atoms with Crippen LogP contribution in [-0.2, 0) is 21.1 Å². The van der Waals surface area contributed by atoms with E-state index in [2.05, 4.69) is 22.1 Å². The van der Waals surface area contributed by atoms with Gasteiger partial charge in [-0.1, -0.05) is 24.3 Å². The summed E-state index contributed by atoms with van der Waals surface area (Å²) in [6.07, 6.45) is 3.52. The summed E-state index contributed by atoms with van der Waals surface area (Å²) in [6, 6.07) is 36.7. The Morgan fingerprint density at radius 3 is 1.55 bits per heavy atom. The van der Waals surface area contributed by atoms with Gasteiger partial charge in [-0.25, -0.2) is 4.39 Å². The van der Waals surface area contributed by atoms with Crippen LogP contribution in [0.15, 0.2) is 109 Å². The number of hydrogen-bond acceptors (Lipinski definition) is 3. The van der Waals surface area contributed by atoms with Gasteiger partial charge in [-0.05, 0) is 59.2 Å². The standard InChI is InChI=1S/C28H18FN3.Pt/c29-23-13-15-24(16-14-23)32(25-9-5-7-21(19-25)27-11-1-3-17-30-27)26-10-6-8-22(20-26)28-12-2-4-18-31-28;/h1-18H;/q-2;+2. The summed E-state index contributed by atoms with van der Waals surface area (Å²) >= 11 is 0. The van der Waals surface area contributed by atoms with Crippen LogP contribution in [0, 0.1) is 17.9 Å². The molecule has 3 nitrogen and oxygen atoms in total. The molecule has 0 atom stereocenters. The maximum Gasteiger partial charge on any atom is 2.00 e. The first-order chi connectivity index (χ1) is 15.8. The third-order valence-corrected chi connectivity index (χ3v) is 5.01. The number of halogens is 1. The topological polar surface area (TPSA) is 29.0 Å². The summed E-state index contributed by atoms with van der Waals surface area (Å²) in [6.45, 7) is 0. The molecule has 0 saturated heterocycles. The summed E-state index contributed by atoms with van der Waals surface area (Å²) in [7, 11) is 0. The molecule has 5 rings (SSSR count). The molecule has 3 aromatic carbocycles. The molecular weight excluding hydrogens is 592 g/mol. The molecule has 0 spiro atoms. The Morgan fingerprint density at radius 1 is 0.576 bits per heavy atom. The minimum absolute atomic E-state index is 0. The maximum atomic E-state index is 13.7. The summed E-state index contributed by atoms with van der Waals surface area (Å²) < 4.78 is 13.7. The van der Waals surface area contributed by atoms with E-state index >= 15 is 0 Å². The molecule has 0 amide bonds. The summed E-state index contributed by atoms with van der Waals surface area (Å²) in [5, 5.41) is 0. The first-order valence-corrected chi connectivity index (χ1v) is 10.2. The third-order valence-electron chi connectivity index (χ3n) is 5.01. The minimum atomic E-state index is -0.286. The van der Waals surface area contributed by atoms with Crippen molar-refractivity contribution in [3.63, 3.8) is 0 Å². The molecule has 0 fully saturated rings. The molecule has 2 heterocycles. The van der Waals surface area contributed by atoms with Crippen molar-refractivity contribution in [2.75, 3.05) is 4.90 Å². The number of pyridine rings is 2. The van der Waals surface area contributed by atoms with E-state index in [9.17, 15) is 4.39 Å². The van der Waals surface area contributed by atoms with E-state index in [4.69, 9.17) is 0 Å². The van der Waals surface area contributed by atoms with Crippen molar-refractivity contribution in [2.45, 2.75) is 0 Å². The molecule has 0 radical (unpaired) electrons. The van der Waals surface area contributed by atoms with Crippen molar-refractivity contribution in [3.8, 4) is 22.5 Å². The molecule has 0 aliphatic heterocycles. The van der Waals surface area contributed by atoms with Crippen LogP contribution in [0.3, 0.4) is 0 Å². The molecule has 5 aromatic rings. The summed E-state index contributed by atoms with van der Waals surface area (Å²) in [5.74, 6) is -0.286. The van der Waals surface area contributed by atoms with Crippen molar-refractivity contribution >= 4 is 17.1 Å². The fourth-order valence-electron chi connectivity index (χ4n) is 3.52. The molecule has 162 valence electrons. The molecule has 0 aliphatic carbocycles. The Balaban J connectivity index is 0.00000259. The minimum Gasteiger partial charge on any atom is -0.346 e. The van der Waals surface area contributed by atoms with Gasteiger partial charge in [0.05, 0.1) is 0 Å². The van der Waals surface area contributed by atoms with Crippen LogP contribution in [0.5, 0.6) is 0 Å². The second-order valence-electron chi connectivity index (χ2n) is 7.14. The van der Waals surface area contributed by atoms with Crippen LogP contribution >= 0.6 is 0 Å². The van der Waals surface area contributed by atoms with Crippen LogP contribution < -0.4 is 4.90 Å². The van der Waals surface area contributed by atoms with E-state index in [0.717, 1.165) is 39.6 Å². The van der Waals surface area contributed by atoms with Crippen LogP contribution in [0.1, 0.15) is 0 Å². The first kappa shape index (κ1) is 22.6. The summed E-state index contributed by atoms with van der Waals surface area (Å²) in [5.41, 5.74) is 5.81. The number of hydrogen-bond donors (Lipinski definition) is 0. The molecule has 0 N–H and O–H groups in total. The van der Waals surface area contributed by atoms with Crippen molar-refractivity contribution in [1.29, 1.82) is 0 Å². The Kier molecular flexibility index (Phi) is 7.06. The molecule has 0 unspecified atom stereocenters. The molecule has 5 heteroatoms. The zero-order valence-electron chi connectivity index (χ0n) is 17.4. The SMILES string of the molecule is Fc1ccc(N(c2[c-]c(-c3ccccn3)ccc2)c2[c-]c(-c3ccccn3)ccc2)cc1.[Pt+2]. The molecule has 0 aliphatic rings. The Morgan fingerprint density at radius 2 is 1.09 bits per heavy atom. The van der Waals surface area contributed by atoms with Crippen LogP contribution in [-0.4, -0.2) is 9.97 Å². The molecular formula is C28H18FN3Pt. The number of benzene rings is 3. The van der Waals surface area contributed by atoms with E-state index in [1.165, 1.54) is 12.1 Å². The van der Waals surface area contributed by atoms with Gasteiger partial charge < -0.3 is 14.9 Å². The van der Waals surface area contributed by atoms with Gasteiger partial charge in [0.1, 0.15) is 5.82 Å². The van der Waals surface area contributed by atoms with Crippen molar-refractivity contribution < 1.29 is 25.5 Å². The zero-order chi connectivity index (χ0) is 21.8. The van der Waals surface area contributed by atoms with E-state index < -0.39 is 0 Å². The van der Waals surface area contributed by atoms with Crippen LogP contribution in [0.2, 0.25) is 0 Å². The van der Waals surface area contributed by atoms with E-state index in [1.807, 2.05) is 77.7 Å². The van der Waals surface area contributed by atoms with Crippen LogP contribution in [0.25, 0.3) is 22.5 Å².